The van der Waals surface area contributed by atoms with Crippen LogP contribution in [0.25, 0.3) is 0 Å². The number of thioether (sulfide) groups is 1. The highest BCUT2D eigenvalue weighted by Gasteiger charge is 2.51. The molecule has 2 aromatic rings. The molecule has 0 aromatic heterocycles. The van der Waals surface area contributed by atoms with E-state index in [9.17, 15) is 14.4 Å². The maximum Gasteiger partial charge on any atom is 0.332 e. The molecule has 7 nitrogen and oxygen atoms in total. The summed E-state index contributed by atoms with van der Waals surface area (Å²) in [6.45, 7) is 6.54. The number of hydrogen-bond acceptors (Lipinski definition) is 5. The molecule has 0 bridgehead atoms. The molecule has 0 spiro atoms. The van der Waals surface area contributed by atoms with Gasteiger partial charge in [-0.05, 0) is 61.1 Å². The van der Waals surface area contributed by atoms with E-state index in [-0.39, 0.29) is 18.4 Å². The first kappa shape index (κ1) is 22.9. The Kier molecular flexibility index (Phi) is 6.74. The molecular formula is C25H27N3O4S. The third kappa shape index (κ3) is 4.61. The molecule has 2 unspecified atom stereocenters. The van der Waals surface area contributed by atoms with Crippen molar-refractivity contribution in [3.63, 3.8) is 0 Å². The van der Waals surface area contributed by atoms with Crippen molar-refractivity contribution in [3.8, 4) is 5.75 Å². The van der Waals surface area contributed by atoms with Crippen LogP contribution in [-0.2, 0) is 16.1 Å². The zero-order chi connectivity index (χ0) is 23.5. The Labute approximate surface area is 197 Å². The summed E-state index contributed by atoms with van der Waals surface area (Å²) < 4.78 is 5.48. The van der Waals surface area contributed by atoms with Gasteiger partial charge in [-0.3, -0.25) is 9.59 Å². The maximum atomic E-state index is 13.5. The molecule has 1 N–H and O–H groups in total. The first-order valence-electron chi connectivity index (χ1n) is 10.9. The zero-order valence-electron chi connectivity index (χ0n) is 18.9. The Balaban J connectivity index is 1.57. The van der Waals surface area contributed by atoms with E-state index >= 15 is 0 Å². The first-order chi connectivity index (χ1) is 15.9. The van der Waals surface area contributed by atoms with E-state index in [2.05, 4.69) is 5.32 Å². The summed E-state index contributed by atoms with van der Waals surface area (Å²) in [6.07, 6.45) is 0. The predicted octanol–water partition coefficient (Wildman–Crippen LogP) is 4.15. The second-order valence-corrected chi connectivity index (χ2v) is 9.33. The highest BCUT2D eigenvalue weighted by molar-refractivity contribution is 8.03. The molecule has 2 heterocycles. The maximum absolute atomic E-state index is 13.5. The van der Waals surface area contributed by atoms with Crippen LogP contribution < -0.4 is 15.0 Å². The lowest BCUT2D eigenvalue weighted by Gasteiger charge is -2.41. The highest BCUT2D eigenvalue weighted by Crippen LogP contribution is 2.47. The van der Waals surface area contributed by atoms with Gasteiger partial charge >= 0.3 is 6.03 Å². The third-order valence-corrected chi connectivity index (χ3v) is 7.33. The fourth-order valence-corrected chi connectivity index (χ4v) is 5.48. The van der Waals surface area contributed by atoms with Gasteiger partial charge in [-0.2, -0.15) is 0 Å². The van der Waals surface area contributed by atoms with E-state index in [1.807, 2.05) is 51.1 Å². The second-order valence-electron chi connectivity index (χ2n) is 8.00. The van der Waals surface area contributed by atoms with E-state index in [1.54, 1.807) is 24.3 Å². The molecular weight excluding hydrogens is 438 g/mol. The van der Waals surface area contributed by atoms with Crippen LogP contribution in [0.5, 0.6) is 5.75 Å². The molecule has 2 aliphatic heterocycles. The van der Waals surface area contributed by atoms with Crippen LogP contribution >= 0.6 is 11.8 Å². The van der Waals surface area contributed by atoms with Crippen LogP contribution in [0.3, 0.4) is 0 Å². The van der Waals surface area contributed by atoms with Gasteiger partial charge in [0.1, 0.15) is 12.3 Å². The van der Waals surface area contributed by atoms with E-state index < -0.39 is 17.3 Å². The minimum atomic E-state index is -0.490. The normalized spacial score (nSPS) is 20.2. The molecule has 33 heavy (non-hydrogen) atoms. The molecule has 172 valence electrons. The number of amides is 4. The quantitative estimate of drug-likeness (QED) is 0.665. The zero-order valence-corrected chi connectivity index (χ0v) is 19.7. The summed E-state index contributed by atoms with van der Waals surface area (Å²) in [5, 5.41) is 2.46. The Morgan fingerprint density at radius 3 is 2.42 bits per heavy atom. The Bertz CT molecular complexity index is 1080. The number of rotatable bonds is 7. The van der Waals surface area contributed by atoms with E-state index in [0.29, 0.717) is 24.6 Å². The Morgan fingerprint density at radius 2 is 1.76 bits per heavy atom. The number of carbonyl (C=O) groups is 3. The van der Waals surface area contributed by atoms with Crippen molar-refractivity contribution < 1.29 is 19.1 Å². The SMILES string of the molecule is CCOc1ccc(N2C(=O)C3C(C)=C(C)SC3N(CC(=O)NCc3ccccc3)C2=O)cc1. The lowest BCUT2D eigenvalue weighted by molar-refractivity contribution is -0.126. The monoisotopic (exact) mass is 465 g/mol. The number of urea groups is 1. The lowest BCUT2D eigenvalue weighted by Crippen LogP contribution is -2.61. The third-order valence-electron chi connectivity index (χ3n) is 5.89. The smallest absolute Gasteiger partial charge is 0.332 e. The molecule has 2 atom stereocenters. The van der Waals surface area contributed by atoms with Gasteiger partial charge in [0, 0.05) is 6.54 Å². The van der Waals surface area contributed by atoms with E-state index in [0.717, 1.165) is 16.0 Å². The molecule has 2 aliphatic rings. The van der Waals surface area contributed by atoms with Gasteiger partial charge < -0.3 is 15.0 Å². The van der Waals surface area contributed by atoms with Gasteiger partial charge in [-0.15, -0.1) is 11.8 Å². The summed E-state index contributed by atoms with van der Waals surface area (Å²) in [5.41, 5.74) is 2.38. The summed E-state index contributed by atoms with van der Waals surface area (Å²) >= 11 is 1.47. The minimum Gasteiger partial charge on any atom is -0.494 e. The number of benzene rings is 2. The fraction of sp³-hybridized carbons (Fsp3) is 0.320. The predicted molar refractivity (Wildman–Crippen MR) is 129 cm³/mol. The summed E-state index contributed by atoms with van der Waals surface area (Å²) in [5.74, 6) is -0.357. The standard InChI is InChI=1S/C25H27N3O4S/c1-4-32-20-12-10-19(11-13-20)28-23(30)22-16(2)17(3)33-24(22)27(25(28)31)15-21(29)26-14-18-8-6-5-7-9-18/h5-13,22,24H,4,14-15H2,1-3H3,(H,26,29). The van der Waals surface area contributed by atoms with Gasteiger partial charge in [-0.1, -0.05) is 30.3 Å². The first-order valence-corrected chi connectivity index (χ1v) is 11.8. The topological polar surface area (TPSA) is 79.0 Å². The number of nitrogens with zero attached hydrogens (tertiary/aromatic N) is 2. The Morgan fingerprint density at radius 1 is 1.06 bits per heavy atom. The molecule has 0 saturated carbocycles. The molecule has 0 aliphatic carbocycles. The summed E-state index contributed by atoms with van der Waals surface area (Å²) in [7, 11) is 0. The molecule has 1 fully saturated rings. The van der Waals surface area contributed by atoms with E-state index in [4.69, 9.17) is 4.74 Å². The molecule has 8 heteroatoms. The molecule has 2 aromatic carbocycles. The van der Waals surface area contributed by atoms with Gasteiger partial charge in [-0.25, -0.2) is 9.69 Å². The van der Waals surface area contributed by atoms with Crippen molar-refractivity contribution in [1.82, 2.24) is 10.2 Å². The second kappa shape index (κ2) is 9.70. The summed E-state index contributed by atoms with van der Waals surface area (Å²) in [6, 6.07) is 16.0. The highest BCUT2D eigenvalue weighted by atomic mass is 32.2. The number of allylic oxidation sites excluding steroid dienone is 1. The van der Waals surface area contributed by atoms with Crippen molar-refractivity contribution in [2.75, 3.05) is 18.1 Å². The van der Waals surface area contributed by atoms with Crippen LogP contribution in [0.1, 0.15) is 26.3 Å². The fourth-order valence-electron chi connectivity index (χ4n) is 4.06. The lowest BCUT2D eigenvalue weighted by atomic mass is 9.95. The van der Waals surface area contributed by atoms with Gasteiger partial charge in [0.2, 0.25) is 11.8 Å². The molecule has 4 amide bonds. The van der Waals surface area contributed by atoms with Crippen LogP contribution in [-0.4, -0.2) is 41.3 Å². The van der Waals surface area contributed by atoms with Gasteiger partial charge in [0.05, 0.1) is 23.6 Å². The van der Waals surface area contributed by atoms with Crippen molar-refractivity contribution in [1.29, 1.82) is 0 Å². The number of hydrogen-bond donors (Lipinski definition) is 1. The van der Waals surface area contributed by atoms with Crippen molar-refractivity contribution in [2.45, 2.75) is 32.7 Å². The number of ether oxygens (including phenoxy) is 1. The van der Waals surface area contributed by atoms with E-state index in [1.165, 1.54) is 21.6 Å². The average Bonchev–Trinajstić information content (AvgIpc) is 3.11. The van der Waals surface area contributed by atoms with Crippen LogP contribution in [0.15, 0.2) is 65.1 Å². The molecule has 4 rings (SSSR count). The van der Waals surface area contributed by atoms with Crippen molar-refractivity contribution in [3.05, 3.63) is 70.6 Å². The minimum absolute atomic E-state index is 0.124. The van der Waals surface area contributed by atoms with Crippen LogP contribution in [0.2, 0.25) is 0 Å². The largest absolute Gasteiger partial charge is 0.494 e. The Hall–Kier alpha value is -3.26. The number of nitrogens with one attached hydrogen (secondary N) is 1. The number of fused-ring (bicyclic) bond motifs is 1. The van der Waals surface area contributed by atoms with Crippen LogP contribution in [0.4, 0.5) is 10.5 Å². The number of anilines is 1. The number of imide groups is 1. The molecule has 0 radical (unpaired) electrons. The average molecular weight is 466 g/mol. The van der Waals surface area contributed by atoms with Crippen molar-refractivity contribution >= 4 is 35.3 Å². The number of carbonyl (C=O) groups excluding carboxylic acids is 3. The van der Waals surface area contributed by atoms with Gasteiger partial charge in [0.15, 0.2) is 0 Å². The van der Waals surface area contributed by atoms with Crippen LogP contribution in [0, 0.1) is 5.92 Å². The van der Waals surface area contributed by atoms with Gasteiger partial charge in [0.25, 0.3) is 0 Å². The molecule has 1 saturated heterocycles. The summed E-state index contributed by atoms with van der Waals surface area (Å²) in [4.78, 5) is 43.4. The van der Waals surface area contributed by atoms with Crippen molar-refractivity contribution in [2.24, 2.45) is 5.92 Å².